The molecule has 0 aromatic heterocycles. The van der Waals surface area contributed by atoms with E-state index < -0.39 is 0 Å². The Hall–Kier alpha value is -0.860. The molecule has 0 amide bonds. The zero-order chi connectivity index (χ0) is 4.41. The van der Waals surface area contributed by atoms with Crippen molar-refractivity contribution in [2.24, 2.45) is 10.2 Å². The number of azo groups is 1. The molecule has 3 heteroatoms. The van der Waals surface area contributed by atoms with E-state index in [0.717, 1.165) is 0 Å². The molecule has 32 valence electrons. The van der Waals surface area contributed by atoms with E-state index >= 15 is 0 Å². The first kappa shape index (κ1) is 3.33. The number of rotatable bonds is 0. The molecule has 0 saturated carbocycles. The Morgan fingerprint density at radius 3 is 2.83 bits per heavy atom. The first-order valence-electron chi connectivity index (χ1n) is 1.59. The van der Waals surface area contributed by atoms with Crippen molar-refractivity contribution < 1.29 is 4.74 Å². The fraction of sp³-hybridized carbons (Fsp3) is 0.333. The van der Waals surface area contributed by atoms with Gasteiger partial charge in [0.2, 0.25) is 12.6 Å². The predicted octanol–water partition coefficient (Wildman–Crippen LogP) is 0.897. The summed E-state index contributed by atoms with van der Waals surface area (Å²) >= 11 is 0. The summed E-state index contributed by atoms with van der Waals surface area (Å²) in [6.45, 7) is 3.72. The SMILES string of the molecule is C=C1N=NCO1. The lowest BCUT2D eigenvalue weighted by Gasteiger charge is -1.82. The molecule has 1 aliphatic rings. The molecule has 0 saturated heterocycles. The molecule has 0 aromatic rings. The van der Waals surface area contributed by atoms with Crippen LogP contribution < -0.4 is 0 Å². The molecule has 0 aliphatic carbocycles. The Morgan fingerprint density at radius 1 is 1.83 bits per heavy atom. The highest BCUT2D eigenvalue weighted by atomic mass is 16.5. The maximum Gasteiger partial charge on any atom is 0.227 e. The van der Waals surface area contributed by atoms with E-state index in [1.165, 1.54) is 0 Å². The molecule has 0 aromatic carbocycles. The average molecular weight is 84.1 g/mol. The second-order valence-electron chi connectivity index (χ2n) is 0.909. The highest BCUT2D eigenvalue weighted by Gasteiger charge is 1.94. The molecule has 0 radical (unpaired) electrons. The van der Waals surface area contributed by atoms with Gasteiger partial charge in [0.15, 0.2) is 0 Å². The summed E-state index contributed by atoms with van der Waals surface area (Å²) in [4.78, 5) is 0. The number of ether oxygens (including phenoxy) is 1. The van der Waals surface area contributed by atoms with Crippen LogP contribution >= 0.6 is 0 Å². The monoisotopic (exact) mass is 84.0 g/mol. The van der Waals surface area contributed by atoms with Crippen molar-refractivity contribution in [3.63, 3.8) is 0 Å². The van der Waals surface area contributed by atoms with Crippen LogP contribution in [-0.2, 0) is 4.74 Å². The predicted molar refractivity (Wildman–Crippen MR) is 19.9 cm³/mol. The highest BCUT2D eigenvalue weighted by molar-refractivity contribution is 4.78. The molecule has 0 spiro atoms. The smallest absolute Gasteiger partial charge is 0.227 e. The van der Waals surface area contributed by atoms with Crippen LogP contribution in [0.1, 0.15) is 0 Å². The third kappa shape index (κ3) is 0.381. The van der Waals surface area contributed by atoms with Crippen LogP contribution in [0.3, 0.4) is 0 Å². The van der Waals surface area contributed by atoms with Crippen LogP contribution in [0, 0.1) is 0 Å². The van der Waals surface area contributed by atoms with Crippen LogP contribution in [-0.4, -0.2) is 6.73 Å². The van der Waals surface area contributed by atoms with E-state index in [1.807, 2.05) is 0 Å². The summed E-state index contributed by atoms with van der Waals surface area (Å²) < 4.78 is 4.62. The third-order valence-corrected chi connectivity index (χ3v) is 0.471. The lowest BCUT2D eigenvalue weighted by atomic mass is 11.0. The van der Waals surface area contributed by atoms with Gasteiger partial charge < -0.3 is 4.74 Å². The van der Waals surface area contributed by atoms with Gasteiger partial charge in [-0.2, -0.15) is 0 Å². The van der Waals surface area contributed by atoms with E-state index in [1.54, 1.807) is 0 Å². The molecule has 0 N–H and O–H groups in total. The lowest BCUT2D eigenvalue weighted by Crippen LogP contribution is -1.74. The Morgan fingerprint density at radius 2 is 2.67 bits per heavy atom. The van der Waals surface area contributed by atoms with Crippen molar-refractivity contribution in [2.45, 2.75) is 0 Å². The third-order valence-electron chi connectivity index (χ3n) is 0.471. The maximum absolute atomic E-state index is 4.62. The van der Waals surface area contributed by atoms with Crippen LogP contribution in [0.15, 0.2) is 22.7 Å². The van der Waals surface area contributed by atoms with Crippen LogP contribution in [0.4, 0.5) is 0 Å². The van der Waals surface area contributed by atoms with E-state index in [2.05, 4.69) is 21.5 Å². The molecule has 3 nitrogen and oxygen atoms in total. The van der Waals surface area contributed by atoms with Gasteiger partial charge in [-0.15, -0.1) is 10.2 Å². The van der Waals surface area contributed by atoms with Gasteiger partial charge in [-0.1, -0.05) is 0 Å². The molecule has 6 heavy (non-hydrogen) atoms. The minimum absolute atomic E-state index is 0.346. The summed E-state index contributed by atoms with van der Waals surface area (Å²) in [5.41, 5.74) is 0. The lowest BCUT2D eigenvalue weighted by molar-refractivity contribution is 0.256. The van der Waals surface area contributed by atoms with Crippen molar-refractivity contribution in [1.29, 1.82) is 0 Å². The standard InChI is InChI=1S/C3H4N2O/c1-3-5-4-2-6-3/h1-2H2. The fourth-order valence-corrected chi connectivity index (χ4v) is 0.240. The fourth-order valence-electron chi connectivity index (χ4n) is 0.240. The topological polar surface area (TPSA) is 34.0 Å². The summed E-state index contributed by atoms with van der Waals surface area (Å²) in [5, 5.41) is 6.91. The minimum atomic E-state index is 0.346. The summed E-state index contributed by atoms with van der Waals surface area (Å²) in [5.74, 6) is 0.412. The van der Waals surface area contributed by atoms with Gasteiger partial charge in [0.25, 0.3) is 0 Å². The zero-order valence-electron chi connectivity index (χ0n) is 3.22. The Bertz CT molecular complexity index is 97.0. The van der Waals surface area contributed by atoms with Gasteiger partial charge >= 0.3 is 0 Å². The molecule has 0 bridgehead atoms. The molecular formula is C3H4N2O. The molecule has 0 fully saturated rings. The van der Waals surface area contributed by atoms with Crippen molar-refractivity contribution in [3.05, 3.63) is 12.5 Å². The second-order valence-corrected chi connectivity index (χ2v) is 0.909. The van der Waals surface area contributed by atoms with Crippen LogP contribution in [0.2, 0.25) is 0 Å². The van der Waals surface area contributed by atoms with Crippen LogP contribution in [0.25, 0.3) is 0 Å². The molecule has 0 unspecified atom stereocenters. The van der Waals surface area contributed by atoms with Gasteiger partial charge in [0, 0.05) is 0 Å². The van der Waals surface area contributed by atoms with Gasteiger partial charge in [-0.3, -0.25) is 0 Å². The van der Waals surface area contributed by atoms with Gasteiger partial charge in [0.1, 0.15) is 0 Å². The summed E-state index contributed by atoms with van der Waals surface area (Å²) in [6, 6.07) is 0. The van der Waals surface area contributed by atoms with Crippen molar-refractivity contribution in [1.82, 2.24) is 0 Å². The van der Waals surface area contributed by atoms with E-state index in [0.29, 0.717) is 12.6 Å². The van der Waals surface area contributed by atoms with E-state index in [-0.39, 0.29) is 0 Å². The van der Waals surface area contributed by atoms with Crippen molar-refractivity contribution in [3.8, 4) is 0 Å². The minimum Gasteiger partial charge on any atom is -0.452 e. The van der Waals surface area contributed by atoms with Crippen LogP contribution in [0.5, 0.6) is 0 Å². The quantitative estimate of drug-likeness (QED) is 0.429. The van der Waals surface area contributed by atoms with Gasteiger partial charge in [0.05, 0.1) is 0 Å². The van der Waals surface area contributed by atoms with Crippen molar-refractivity contribution in [2.75, 3.05) is 6.73 Å². The molecule has 1 aliphatic heterocycles. The molecule has 1 rings (SSSR count). The normalized spacial score (nSPS) is 18.3. The van der Waals surface area contributed by atoms with E-state index in [4.69, 9.17) is 0 Å². The van der Waals surface area contributed by atoms with Crippen molar-refractivity contribution >= 4 is 0 Å². The van der Waals surface area contributed by atoms with E-state index in [9.17, 15) is 0 Å². The molecule has 1 heterocycles. The number of hydrogen-bond donors (Lipinski definition) is 0. The van der Waals surface area contributed by atoms with Gasteiger partial charge in [-0.05, 0) is 6.58 Å². The molecular weight excluding hydrogens is 80.0 g/mol. The average Bonchev–Trinajstić information content (AvgIpc) is 1.86. The first-order chi connectivity index (χ1) is 2.89. The summed E-state index contributed by atoms with van der Waals surface area (Å²) in [7, 11) is 0. The molecule has 0 atom stereocenters. The first-order valence-corrected chi connectivity index (χ1v) is 1.59. The Balaban J connectivity index is 2.59. The number of nitrogens with zero attached hydrogens (tertiary/aromatic N) is 2. The second kappa shape index (κ2) is 1.08. The number of hydrogen-bond acceptors (Lipinski definition) is 3. The largest absolute Gasteiger partial charge is 0.452 e. The zero-order valence-corrected chi connectivity index (χ0v) is 3.22. The Kier molecular flexibility index (Phi) is 0.602. The maximum atomic E-state index is 4.62. The summed E-state index contributed by atoms with van der Waals surface area (Å²) in [6.07, 6.45) is 0. The Labute approximate surface area is 35.3 Å². The highest BCUT2D eigenvalue weighted by Crippen LogP contribution is 2.02. The van der Waals surface area contributed by atoms with Gasteiger partial charge in [-0.25, -0.2) is 0 Å².